The van der Waals surface area contributed by atoms with E-state index in [9.17, 15) is 18.3 Å². The number of nitrogens with zero attached hydrogens (tertiary/aromatic N) is 6. The van der Waals surface area contributed by atoms with Crippen LogP contribution in [0.1, 0.15) is 37.7 Å². The smallest absolute Gasteiger partial charge is 0.165 e. The number of aliphatic hydroxyl groups excluding tert-OH is 1. The number of pyridine rings is 1. The summed E-state index contributed by atoms with van der Waals surface area (Å²) in [6.07, 6.45) is 7.72. The van der Waals surface area contributed by atoms with Crippen molar-refractivity contribution in [3.05, 3.63) is 60.1 Å². The predicted molar refractivity (Wildman–Crippen MR) is 136 cm³/mol. The van der Waals surface area contributed by atoms with Crippen molar-refractivity contribution < 1.29 is 18.3 Å². The zero-order valence-corrected chi connectivity index (χ0v) is 20.5. The van der Waals surface area contributed by atoms with Crippen molar-refractivity contribution >= 4 is 22.7 Å². The molecule has 0 amide bonds. The third-order valence-electron chi connectivity index (χ3n) is 7.91. The minimum Gasteiger partial charge on any atom is -0.391 e. The molecule has 38 heavy (non-hydrogen) atoms. The number of aromatic nitrogens is 5. The maximum Gasteiger partial charge on any atom is 0.165 e. The first kappa shape index (κ1) is 24.6. The molecule has 1 saturated heterocycles. The molecule has 1 aromatic carbocycles. The Hall–Kier alpha value is -3.77. The number of hydrogen-bond donors (Lipinski definition) is 3. The number of halogens is 3. The van der Waals surface area contributed by atoms with Gasteiger partial charge in [0.25, 0.3) is 0 Å². The molecule has 0 bridgehead atoms. The van der Waals surface area contributed by atoms with E-state index in [1.165, 1.54) is 6.33 Å². The summed E-state index contributed by atoms with van der Waals surface area (Å²) in [6, 6.07) is 2.86. The van der Waals surface area contributed by atoms with Crippen LogP contribution in [0.4, 0.5) is 24.7 Å². The second kappa shape index (κ2) is 9.21. The number of piperidine rings is 1. The van der Waals surface area contributed by atoms with Crippen LogP contribution in [0.15, 0.2) is 37.1 Å². The number of anilines is 2. The van der Waals surface area contributed by atoms with Gasteiger partial charge in [-0.2, -0.15) is 0 Å². The van der Waals surface area contributed by atoms with Gasteiger partial charge in [0, 0.05) is 24.2 Å². The number of fused-ring (bicyclic) bond motifs is 2. The van der Waals surface area contributed by atoms with Gasteiger partial charge in [-0.3, -0.25) is 4.98 Å². The summed E-state index contributed by atoms with van der Waals surface area (Å²) < 4.78 is 44.1. The normalized spacial score (nSPS) is 23.6. The van der Waals surface area contributed by atoms with Crippen LogP contribution in [0.2, 0.25) is 0 Å². The van der Waals surface area contributed by atoms with E-state index in [0.29, 0.717) is 36.6 Å². The van der Waals surface area contributed by atoms with Crippen LogP contribution in [0.5, 0.6) is 0 Å². The summed E-state index contributed by atoms with van der Waals surface area (Å²) in [4.78, 5) is 19.3. The first-order valence-electron chi connectivity index (χ1n) is 12.5. The van der Waals surface area contributed by atoms with Crippen LogP contribution in [0.25, 0.3) is 22.4 Å². The van der Waals surface area contributed by atoms with Gasteiger partial charge in [0.15, 0.2) is 23.1 Å². The lowest BCUT2D eigenvalue weighted by Crippen LogP contribution is -2.69. The molecule has 12 heteroatoms. The molecule has 6 rings (SSSR count). The van der Waals surface area contributed by atoms with E-state index < -0.39 is 29.1 Å². The van der Waals surface area contributed by atoms with Gasteiger partial charge in [-0.25, -0.2) is 28.1 Å². The fourth-order valence-electron chi connectivity index (χ4n) is 5.98. The van der Waals surface area contributed by atoms with Crippen molar-refractivity contribution in [2.24, 2.45) is 5.73 Å². The van der Waals surface area contributed by atoms with Crippen LogP contribution in [-0.4, -0.2) is 53.8 Å². The van der Waals surface area contributed by atoms with Crippen molar-refractivity contribution in [3.63, 3.8) is 0 Å². The molecule has 1 aliphatic carbocycles. The minimum absolute atomic E-state index is 0.121. The molecule has 0 spiro atoms. The first-order valence-corrected chi connectivity index (χ1v) is 12.5. The highest BCUT2D eigenvalue weighted by atomic mass is 19.2. The number of nitrogen functional groups attached to an aromatic ring is 1. The van der Waals surface area contributed by atoms with Gasteiger partial charge in [-0.15, -0.1) is 0 Å². The van der Waals surface area contributed by atoms with Crippen molar-refractivity contribution in [3.8, 4) is 11.3 Å². The highest BCUT2D eigenvalue weighted by molar-refractivity contribution is 5.81. The number of benzene rings is 1. The molecule has 3 atom stereocenters. The molecule has 9 nitrogen and oxygen atoms in total. The topological polar surface area (TPSA) is 132 Å². The van der Waals surface area contributed by atoms with E-state index in [4.69, 9.17) is 11.5 Å². The van der Waals surface area contributed by atoms with Crippen molar-refractivity contribution in [1.29, 1.82) is 0 Å². The molecule has 4 heterocycles. The molecule has 5 N–H and O–H groups in total. The van der Waals surface area contributed by atoms with Gasteiger partial charge >= 0.3 is 0 Å². The summed E-state index contributed by atoms with van der Waals surface area (Å²) in [5, 5.41) is 10.8. The van der Waals surface area contributed by atoms with E-state index in [1.807, 2.05) is 0 Å². The summed E-state index contributed by atoms with van der Waals surface area (Å²) in [7, 11) is 0. The van der Waals surface area contributed by atoms with Crippen LogP contribution in [0, 0.1) is 17.5 Å². The third kappa shape index (κ3) is 3.95. The fraction of sp³-hybridized carbons (Fsp3) is 0.385. The summed E-state index contributed by atoms with van der Waals surface area (Å²) in [6.45, 7) is 0.955. The van der Waals surface area contributed by atoms with Crippen LogP contribution in [0.3, 0.4) is 0 Å². The average Bonchev–Trinajstić information content (AvgIpc) is 3.31. The van der Waals surface area contributed by atoms with E-state index in [2.05, 4.69) is 24.8 Å². The van der Waals surface area contributed by atoms with Crippen LogP contribution >= 0.6 is 0 Å². The maximum atomic E-state index is 14.7. The second-order valence-corrected chi connectivity index (χ2v) is 10.1. The van der Waals surface area contributed by atoms with Gasteiger partial charge in [0.2, 0.25) is 0 Å². The van der Waals surface area contributed by atoms with Gasteiger partial charge < -0.3 is 26.0 Å². The zero-order chi connectivity index (χ0) is 26.6. The van der Waals surface area contributed by atoms with E-state index in [0.717, 1.165) is 36.6 Å². The maximum absolute atomic E-state index is 14.7. The average molecular weight is 525 g/mol. The Morgan fingerprint density at radius 3 is 2.66 bits per heavy atom. The Balaban J connectivity index is 1.48. The Morgan fingerprint density at radius 2 is 1.82 bits per heavy atom. The SMILES string of the molecule is Nc1ncnc2c1ncn2Cc1cc(-c2cc(F)c(F)cc2F)ncc1N1CCC[C@@]2(N)C1CCC[C@@H]2O. The molecule has 1 aliphatic heterocycles. The largest absolute Gasteiger partial charge is 0.391 e. The van der Waals surface area contributed by atoms with E-state index in [-0.39, 0.29) is 29.7 Å². The molecule has 3 aromatic heterocycles. The number of aliphatic hydroxyl groups is 1. The molecule has 4 aromatic rings. The number of imidazole rings is 1. The highest BCUT2D eigenvalue weighted by Gasteiger charge is 2.49. The molecule has 1 unspecified atom stereocenters. The quantitative estimate of drug-likeness (QED) is 0.347. The van der Waals surface area contributed by atoms with Crippen molar-refractivity contribution in [1.82, 2.24) is 24.5 Å². The van der Waals surface area contributed by atoms with Gasteiger partial charge in [-0.1, -0.05) is 0 Å². The van der Waals surface area contributed by atoms with Crippen LogP contribution < -0.4 is 16.4 Å². The van der Waals surface area contributed by atoms with Gasteiger partial charge in [-0.05, 0) is 49.8 Å². The molecule has 2 aliphatic rings. The van der Waals surface area contributed by atoms with Gasteiger partial charge in [0.05, 0.1) is 42.1 Å². The molecule has 198 valence electrons. The molecule has 0 radical (unpaired) electrons. The number of rotatable bonds is 4. The molecule has 1 saturated carbocycles. The lowest BCUT2D eigenvalue weighted by molar-refractivity contribution is 0.0166. The Kier molecular flexibility index (Phi) is 5.95. The molecular formula is C26H27F3N8O. The highest BCUT2D eigenvalue weighted by Crippen LogP contribution is 2.41. The third-order valence-corrected chi connectivity index (χ3v) is 7.91. The summed E-state index contributed by atoms with van der Waals surface area (Å²) in [5.41, 5.74) is 14.4. The molecular weight excluding hydrogens is 497 g/mol. The minimum atomic E-state index is -1.27. The van der Waals surface area contributed by atoms with Crippen molar-refractivity contribution in [2.75, 3.05) is 17.2 Å². The number of hydrogen-bond acceptors (Lipinski definition) is 8. The standard InChI is InChI=1S/C26H27F3N8O/c27-16-9-18(29)17(28)8-15(16)19-7-14(11-36-13-35-23-24(30)33-12-34-25(23)36)20(10-32-19)37-6-2-5-26(31)21(37)3-1-4-22(26)38/h7-10,12-13,21-22,38H,1-6,11,31H2,(H2,30,33,34)/t21?,22-,26+/m0/s1. The van der Waals surface area contributed by atoms with Gasteiger partial charge in [0.1, 0.15) is 17.7 Å². The first-order chi connectivity index (χ1) is 18.3. The predicted octanol–water partition coefficient (Wildman–Crippen LogP) is 3.15. The summed E-state index contributed by atoms with van der Waals surface area (Å²) in [5.74, 6) is -3.11. The van der Waals surface area contributed by atoms with E-state index in [1.54, 1.807) is 23.2 Å². The van der Waals surface area contributed by atoms with Crippen molar-refractivity contribution in [2.45, 2.75) is 56.3 Å². The Morgan fingerprint density at radius 1 is 1.00 bits per heavy atom. The van der Waals surface area contributed by atoms with E-state index >= 15 is 0 Å². The number of nitrogens with two attached hydrogens (primary N) is 2. The Labute approximate surface area is 216 Å². The van der Waals surface area contributed by atoms with Crippen LogP contribution in [-0.2, 0) is 6.54 Å². The monoisotopic (exact) mass is 524 g/mol. The second-order valence-electron chi connectivity index (χ2n) is 10.1. The molecule has 2 fully saturated rings. The Bertz CT molecular complexity index is 1530. The fourth-order valence-corrected chi connectivity index (χ4v) is 5.98. The lowest BCUT2D eigenvalue weighted by atomic mass is 9.70. The summed E-state index contributed by atoms with van der Waals surface area (Å²) >= 11 is 0. The lowest BCUT2D eigenvalue weighted by Gasteiger charge is -2.54. The zero-order valence-electron chi connectivity index (χ0n) is 20.5.